The van der Waals surface area contributed by atoms with Gasteiger partial charge in [0.2, 0.25) is 10.0 Å². The fraction of sp³-hybridized carbons (Fsp3) is 0.214. The van der Waals surface area contributed by atoms with Gasteiger partial charge in [-0.05, 0) is 66.8 Å². The van der Waals surface area contributed by atoms with Crippen LogP contribution in [-0.4, -0.2) is 45.6 Å². The normalized spacial score (nSPS) is 13.2. The second kappa shape index (κ2) is 10.3. The van der Waals surface area contributed by atoms with Gasteiger partial charge in [-0.3, -0.25) is 14.9 Å². The largest absolute Gasteiger partial charge is 0.465 e. The number of nitro groups is 1. The van der Waals surface area contributed by atoms with Crippen molar-refractivity contribution in [2.45, 2.75) is 18.8 Å². The second-order valence-corrected chi connectivity index (χ2v) is 11.4. The lowest BCUT2D eigenvalue weighted by atomic mass is 9.98. The fourth-order valence-electron chi connectivity index (χ4n) is 4.85. The Balaban J connectivity index is 1.89. The number of ether oxygens (including phenoxy) is 1. The van der Waals surface area contributed by atoms with Crippen LogP contribution in [0.25, 0.3) is 22.3 Å². The molecule has 1 saturated carbocycles. The fourth-order valence-corrected chi connectivity index (χ4v) is 5.87. The van der Waals surface area contributed by atoms with Gasteiger partial charge in [-0.2, -0.15) is 0 Å². The molecule has 212 valence electrons. The van der Waals surface area contributed by atoms with Crippen LogP contribution in [0.4, 0.5) is 21.5 Å². The van der Waals surface area contributed by atoms with E-state index in [1.165, 1.54) is 37.4 Å². The number of nitrogens with one attached hydrogen (secondary N) is 1. The minimum atomic E-state index is -4.19. The Labute approximate surface area is 233 Å². The SMILES string of the molecule is CNC(=O)c1c(-c2ccc(F)cc2)oc2ccc(C3CC3)c(N(c3ccc([N+](=O)[O-])c(C(=O)OC)c3)S(C)(=O)=O)c12. The maximum Gasteiger partial charge on any atom is 0.344 e. The molecule has 1 aromatic heterocycles. The van der Waals surface area contributed by atoms with E-state index in [4.69, 9.17) is 9.15 Å². The van der Waals surface area contributed by atoms with E-state index in [0.717, 1.165) is 42.6 Å². The van der Waals surface area contributed by atoms with E-state index in [0.29, 0.717) is 11.1 Å². The molecule has 0 atom stereocenters. The average molecular weight is 582 g/mol. The molecule has 0 spiro atoms. The third-order valence-electron chi connectivity index (χ3n) is 6.79. The highest BCUT2D eigenvalue weighted by molar-refractivity contribution is 7.92. The number of esters is 1. The number of rotatable bonds is 8. The molecule has 4 aromatic rings. The Morgan fingerprint density at radius 2 is 1.80 bits per heavy atom. The number of anilines is 2. The van der Waals surface area contributed by atoms with E-state index in [1.807, 2.05) is 0 Å². The molecule has 0 bridgehead atoms. The van der Waals surface area contributed by atoms with Crippen molar-refractivity contribution in [3.05, 3.63) is 87.2 Å². The Hall–Kier alpha value is -4.78. The molecule has 3 aromatic carbocycles. The standard InChI is InChI=1S/C28H24FN3O8S/c1-30-27(33)24-23-22(40-26(24)16-6-8-17(29)9-7-16)13-11-19(15-4-5-15)25(23)31(41(3,37)38)18-10-12-21(32(35)36)20(14-18)28(34)39-2/h6-15H,4-5H2,1-3H3,(H,30,33). The number of sulfonamides is 1. The smallest absolute Gasteiger partial charge is 0.344 e. The van der Waals surface area contributed by atoms with Crippen LogP contribution in [0, 0.1) is 15.9 Å². The van der Waals surface area contributed by atoms with Crippen molar-refractivity contribution in [2.24, 2.45) is 0 Å². The van der Waals surface area contributed by atoms with Crippen molar-refractivity contribution in [3.8, 4) is 11.3 Å². The summed E-state index contributed by atoms with van der Waals surface area (Å²) in [5, 5.41) is 14.4. The predicted molar refractivity (Wildman–Crippen MR) is 148 cm³/mol. The van der Waals surface area contributed by atoms with E-state index in [-0.39, 0.29) is 39.6 Å². The number of halogens is 1. The summed E-state index contributed by atoms with van der Waals surface area (Å²) in [6.07, 6.45) is 2.48. The first-order valence-electron chi connectivity index (χ1n) is 12.4. The van der Waals surface area contributed by atoms with E-state index in [2.05, 4.69) is 5.32 Å². The quantitative estimate of drug-likeness (QED) is 0.168. The minimum absolute atomic E-state index is 0.0235. The number of hydrogen-bond donors (Lipinski definition) is 1. The molecule has 0 aliphatic heterocycles. The minimum Gasteiger partial charge on any atom is -0.465 e. The van der Waals surface area contributed by atoms with Crippen LogP contribution in [0.3, 0.4) is 0 Å². The third kappa shape index (κ3) is 4.99. The Kier molecular flexibility index (Phi) is 6.99. The second-order valence-electron chi connectivity index (χ2n) is 9.52. The van der Waals surface area contributed by atoms with Gasteiger partial charge in [-0.25, -0.2) is 21.9 Å². The zero-order chi connectivity index (χ0) is 29.6. The summed E-state index contributed by atoms with van der Waals surface area (Å²) in [6.45, 7) is 0. The topological polar surface area (TPSA) is 149 Å². The molecular weight excluding hydrogens is 557 g/mol. The van der Waals surface area contributed by atoms with Crippen molar-refractivity contribution in [1.29, 1.82) is 0 Å². The zero-order valence-electron chi connectivity index (χ0n) is 22.1. The Bertz CT molecular complexity index is 1830. The van der Waals surface area contributed by atoms with E-state index in [1.54, 1.807) is 12.1 Å². The third-order valence-corrected chi connectivity index (χ3v) is 7.85. The first-order valence-corrected chi connectivity index (χ1v) is 14.3. The van der Waals surface area contributed by atoms with Crippen LogP contribution in [0.15, 0.2) is 59.0 Å². The monoisotopic (exact) mass is 581 g/mol. The molecule has 1 aliphatic carbocycles. The molecule has 0 saturated heterocycles. The van der Waals surface area contributed by atoms with Gasteiger partial charge in [0.25, 0.3) is 11.6 Å². The molecule has 1 heterocycles. The first kappa shape index (κ1) is 27.8. The molecule has 0 unspecified atom stereocenters. The molecular formula is C28H24FN3O8S. The summed E-state index contributed by atoms with van der Waals surface area (Å²) >= 11 is 0. The highest BCUT2D eigenvalue weighted by Gasteiger charge is 2.37. The Morgan fingerprint density at radius 1 is 1.12 bits per heavy atom. The first-order chi connectivity index (χ1) is 19.5. The highest BCUT2D eigenvalue weighted by Crippen LogP contribution is 2.51. The lowest BCUT2D eigenvalue weighted by Crippen LogP contribution is -2.27. The number of methoxy groups -OCH3 is 1. The van der Waals surface area contributed by atoms with Gasteiger partial charge in [0.05, 0.1) is 40.6 Å². The van der Waals surface area contributed by atoms with E-state index >= 15 is 0 Å². The number of nitro benzene ring substituents is 1. The number of nitrogens with zero attached hydrogens (tertiary/aromatic N) is 2. The molecule has 1 N–H and O–H groups in total. The van der Waals surface area contributed by atoms with Crippen molar-refractivity contribution < 1.29 is 36.5 Å². The van der Waals surface area contributed by atoms with Crippen molar-refractivity contribution in [1.82, 2.24) is 5.32 Å². The molecule has 1 aliphatic rings. The van der Waals surface area contributed by atoms with Crippen LogP contribution in [0.2, 0.25) is 0 Å². The van der Waals surface area contributed by atoms with E-state index < -0.39 is 43.9 Å². The van der Waals surface area contributed by atoms with Gasteiger partial charge in [0.15, 0.2) is 0 Å². The summed E-state index contributed by atoms with van der Waals surface area (Å²) in [6, 6.07) is 12.0. The molecule has 5 rings (SSSR count). The van der Waals surface area contributed by atoms with Gasteiger partial charge < -0.3 is 14.5 Å². The van der Waals surface area contributed by atoms with Crippen LogP contribution in [-0.2, 0) is 14.8 Å². The van der Waals surface area contributed by atoms with Gasteiger partial charge in [0, 0.05) is 18.7 Å². The van der Waals surface area contributed by atoms with Crippen LogP contribution < -0.4 is 9.62 Å². The number of hydrogen-bond acceptors (Lipinski definition) is 8. The predicted octanol–water partition coefficient (Wildman–Crippen LogP) is 5.27. The number of amides is 1. The molecule has 13 heteroatoms. The van der Waals surface area contributed by atoms with Crippen molar-refractivity contribution >= 4 is 49.9 Å². The number of carbonyl (C=O) groups excluding carboxylic acids is 2. The summed E-state index contributed by atoms with van der Waals surface area (Å²) in [5.74, 6) is -2.03. The summed E-state index contributed by atoms with van der Waals surface area (Å²) in [7, 11) is -1.73. The van der Waals surface area contributed by atoms with Crippen LogP contribution in [0.1, 0.15) is 45.0 Å². The average Bonchev–Trinajstić information content (AvgIpc) is 3.71. The molecule has 11 nitrogen and oxygen atoms in total. The summed E-state index contributed by atoms with van der Waals surface area (Å²) in [5.41, 5.74) is 0.221. The van der Waals surface area contributed by atoms with E-state index in [9.17, 15) is 32.5 Å². The van der Waals surface area contributed by atoms with Crippen molar-refractivity contribution in [3.63, 3.8) is 0 Å². The maximum atomic E-state index is 13.7. The number of fused-ring (bicyclic) bond motifs is 1. The van der Waals surface area contributed by atoms with Gasteiger partial charge in [-0.1, -0.05) is 6.07 Å². The highest BCUT2D eigenvalue weighted by atomic mass is 32.2. The zero-order valence-corrected chi connectivity index (χ0v) is 23.0. The number of carbonyl (C=O) groups is 2. The van der Waals surface area contributed by atoms with Gasteiger partial charge >= 0.3 is 5.97 Å². The molecule has 1 amide bonds. The summed E-state index contributed by atoms with van der Waals surface area (Å²) < 4.78 is 52.5. The lowest BCUT2D eigenvalue weighted by Gasteiger charge is -2.26. The maximum absolute atomic E-state index is 13.7. The molecule has 0 radical (unpaired) electrons. The summed E-state index contributed by atoms with van der Waals surface area (Å²) in [4.78, 5) is 36.7. The van der Waals surface area contributed by atoms with Gasteiger partial charge in [-0.15, -0.1) is 0 Å². The lowest BCUT2D eigenvalue weighted by molar-refractivity contribution is -0.385. The van der Waals surface area contributed by atoms with Crippen LogP contribution >= 0.6 is 0 Å². The molecule has 41 heavy (non-hydrogen) atoms. The van der Waals surface area contributed by atoms with Crippen molar-refractivity contribution in [2.75, 3.05) is 24.7 Å². The number of benzene rings is 3. The van der Waals surface area contributed by atoms with Gasteiger partial charge in [0.1, 0.15) is 22.7 Å². The number of furan rings is 1. The Morgan fingerprint density at radius 3 is 2.37 bits per heavy atom. The van der Waals surface area contributed by atoms with Crippen LogP contribution in [0.5, 0.6) is 0 Å². The molecule has 1 fully saturated rings.